The van der Waals surface area contributed by atoms with Gasteiger partial charge in [-0.15, -0.1) is 0 Å². The van der Waals surface area contributed by atoms with Crippen LogP contribution >= 0.6 is 0 Å². The van der Waals surface area contributed by atoms with Crippen LogP contribution in [0.15, 0.2) is 22.8 Å². The van der Waals surface area contributed by atoms with E-state index in [9.17, 15) is 9.59 Å². The number of nitrogens with zero attached hydrogens (tertiary/aromatic N) is 1. The second-order valence-electron chi connectivity index (χ2n) is 7.67. The highest BCUT2D eigenvalue weighted by Gasteiger charge is 2.31. The average molecular weight is 391 g/mol. The summed E-state index contributed by atoms with van der Waals surface area (Å²) >= 11 is 0. The van der Waals surface area contributed by atoms with E-state index < -0.39 is 5.54 Å². The number of guanidine groups is 1. The molecule has 0 spiro atoms. The van der Waals surface area contributed by atoms with Crippen LogP contribution in [-0.2, 0) is 4.79 Å². The Hall–Kier alpha value is -2.31. The molecule has 156 valence electrons. The summed E-state index contributed by atoms with van der Waals surface area (Å²) in [5.41, 5.74) is -0.661. The SMILES string of the molecule is CCCCC(C=O)(CCCC)NC(=N)NC1CCN(C(=O)c2ccco2)CC1. The quantitative estimate of drug-likeness (QED) is 0.323. The molecule has 0 bridgehead atoms. The first-order valence-electron chi connectivity index (χ1n) is 10.5. The number of carbonyl (C=O) groups excluding carboxylic acids is 2. The Morgan fingerprint density at radius 3 is 2.43 bits per heavy atom. The molecule has 0 saturated carbocycles. The van der Waals surface area contributed by atoms with Crippen molar-refractivity contribution in [2.45, 2.75) is 76.8 Å². The Morgan fingerprint density at radius 2 is 1.93 bits per heavy atom. The number of rotatable bonds is 10. The predicted molar refractivity (Wildman–Crippen MR) is 109 cm³/mol. The van der Waals surface area contributed by atoms with E-state index in [-0.39, 0.29) is 17.9 Å². The maximum absolute atomic E-state index is 12.3. The molecule has 3 N–H and O–H groups in total. The lowest BCUT2D eigenvalue weighted by molar-refractivity contribution is -0.113. The molecule has 0 unspecified atom stereocenters. The van der Waals surface area contributed by atoms with Crippen molar-refractivity contribution in [3.05, 3.63) is 24.2 Å². The third-order valence-electron chi connectivity index (χ3n) is 5.42. The second-order valence-corrected chi connectivity index (χ2v) is 7.67. The van der Waals surface area contributed by atoms with E-state index >= 15 is 0 Å². The van der Waals surface area contributed by atoms with Crippen molar-refractivity contribution in [1.82, 2.24) is 15.5 Å². The summed E-state index contributed by atoms with van der Waals surface area (Å²) in [6, 6.07) is 3.50. The van der Waals surface area contributed by atoms with Gasteiger partial charge in [0.05, 0.1) is 11.8 Å². The van der Waals surface area contributed by atoms with Gasteiger partial charge in [-0.1, -0.05) is 39.5 Å². The number of aldehydes is 1. The normalized spacial score (nSPS) is 15.3. The van der Waals surface area contributed by atoms with Crippen LogP contribution in [0.3, 0.4) is 0 Å². The monoisotopic (exact) mass is 390 g/mol. The first-order valence-corrected chi connectivity index (χ1v) is 10.5. The van der Waals surface area contributed by atoms with Gasteiger partial charge in [0.25, 0.3) is 5.91 Å². The minimum Gasteiger partial charge on any atom is -0.459 e. The largest absolute Gasteiger partial charge is 0.459 e. The van der Waals surface area contributed by atoms with Gasteiger partial charge in [0.2, 0.25) is 0 Å². The molecule has 1 aromatic rings. The molecule has 0 aromatic carbocycles. The Morgan fingerprint density at radius 1 is 1.29 bits per heavy atom. The summed E-state index contributed by atoms with van der Waals surface area (Å²) in [4.78, 5) is 26.0. The molecule has 1 amide bonds. The van der Waals surface area contributed by atoms with Gasteiger partial charge >= 0.3 is 0 Å². The molecule has 1 fully saturated rings. The Labute approximate surface area is 167 Å². The number of nitrogens with one attached hydrogen (secondary N) is 3. The minimum absolute atomic E-state index is 0.0873. The Bertz CT molecular complexity index is 614. The van der Waals surface area contributed by atoms with Gasteiger partial charge < -0.3 is 24.7 Å². The second kappa shape index (κ2) is 10.9. The fourth-order valence-electron chi connectivity index (χ4n) is 3.65. The predicted octanol–water partition coefficient (Wildman–Crippen LogP) is 3.32. The highest BCUT2D eigenvalue weighted by Crippen LogP contribution is 2.20. The van der Waals surface area contributed by atoms with Crippen molar-refractivity contribution >= 4 is 18.2 Å². The summed E-state index contributed by atoms with van der Waals surface area (Å²) in [5.74, 6) is 0.481. The van der Waals surface area contributed by atoms with E-state index in [0.717, 1.165) is 57.7 Å². The fraction of sp³-hybridized carbons (Fsp3) is 0.667. The zero-order chi connectivity index (χ0) is 20.4. The van der Waals surface area contributed by atoms with Crippen LogP contribution < -0.4 is 10.6 Å². The number of unbranched alkanes of at least 4 members (excludes halogenated alkanes) is 2. The molecule has 1 saturated heterocycles. The molecule has 7 heteroatoms. The molecular weight excluding hydrogens is 356 g/mol. The van der Waals surface area contributed by atoms with Crippen molar-refractivity contribution in [2.75, 3.05) is 13.1 Å². The molecular formula is C21H34N4O3. The van der Waals surface area contributed by atoms with Crippen molar-refractivity contribution in [3.63, 3.8) is 0 Å². The van der Waals surface area contributed by atoms with Crippen LogP contribution in [-0.4, -0.2) is 47.7 Å². The number of furan rings is 1. The van der Waals surface area contributed by atoms with Crippen LogP contribution in [0.5, 0.6) is 0 Å². The van der Waals surface area contributed by atoms with Crippen LogP contribution in [0.1, 0.15) is 75.8 Å². The maximum atomic E-state index is 12.3. The van der Waals surface area contributed by atoms with Crippen LogP contribution in [0.4, 0.5) is 0 Å². The lowest BCUT2D eigenvalue weighted by Gasteiger charge is -2.35. The first kappa shape index (κ1) is 22.0. The molecule has 0 radical (unpaired) electrons. The van der Waals surface area contributed by atoms with Gasteiger partial charge in [-0.25, -0.2) is 0 Å². The van der Waals surface area contributed by atoms with E-state index in [1.807, 2.05) is 0 Å². The average Bonchev–Trinajstić information content (AvgIpc) is 3.25. The maximum Gasteiger partial charge on any atom is 0.289 e. The van der Waals surface area contributed by atoms with Crippen molar-refractivity contribution in [2.24, 2.45) is 0 Å². The zero-order valence-corrected chi connectivity index (χ0v) is 17.1. The minimum atomic E-state index is -0.661. The van der Waals surface area contributed by atoms with Crippen molar-refractivity contribution in [3.8, 4) is 0 Å². The molecule has 1 aliphatic heterocycles. The summed E-state index contributed by atoms with van der Waals surface area (Å²) in [6.07, 6.45) is 9.44. The van der Waals surface area contributed by atoms with Gasteiger partial charge in [0.15, 0.2) is 11.7 Å². The first-order chi connectivity index (χ1) is 13.5. The van der Waals surface area contributed by atoms with E-state index in [4.69, 9.17) is 9.83 Å². The third kappa shape index (κ3) is 6.11. The smallest absolute Gasteiger partial charge is 0.289 e. The summed E-state index contributed by atoms with van der Waals surface area (Å²) in [5, 5.41) is 14.7. The molecule has 0 atom stereocenters. The highest BCUT2D eigenvalue weighted by molar-refractivity contribution is 5.91. The standard InChI is InChI=1S/C21H34N4O3/c1-3-5-11-21(16-26,12-6-4-2)24-20(22)23-17-9-13-25(14-10-17)19(27)18-8-7-15-28-18/h7-8,15-17H,3-6,9-14H2,1-2H3,(H3,22,23,24). The van der Waals surface area contributed by atoms with Crippen molar-refractivity contribution in [1.29, 1.82) is 5.41 Å². The van der Waals surface area contributed by atoms with Gasteiger partial charge in [-0.2, -0.15) is 0 Å². The van der Waals surface area contributed by atoms with E-state index in [1.165, 1.54) is 6.26 Å². The fourth-order valence-corrected chi connectivity index (χ4v) is 3.65. The number of likely N-dealkylation sites (tertiary alicyclic amines) is 1. The third-order valence-corrected chi connectivity index (χ3v) is 5.42. The Kier molecular flexibility index (Phi) is 8.54. The van der Waals surface area contributed by atoms with E-state index in [1.54, 1.807) is 17.0 Å². The summed E-state index contributed by atoms with van der Waals surface area (Å²) in [6.45, 7) is 5.46. The number of hydrogen-bond donors (Lipinski definition) is 3. The number of carbonyl (C=O) groups is 2. The molecule has 28 heavy (non-hydrogen) atoms. The molecule has 7 nitrogen and oxygen atoms in total. The lowest BCUT2D eigenvalue weighted by Crippen LogP contribution is -2.57. The molecule has 1 aliphatic rings. The van der Waals surface area contributed by atoms with Crippen LogP contribution in [0, 0.1) is 5.41 Å². The van der Waals surface area contributed by atoms with Crippen molar-refractivity contribution < 1.29 is 14.0 Å². The van der Waals surface area contributed by atoms with E-state index in [2.05, 4.69) is 24.5 Å². The summed E-state index contributed by atoms with van der Waals surface area (Å²) in [7, 11) is 0. The molecule has 2 heterocycles. The molecule has 2 rings (SSSR count). The van der Waals surface area contributed by atoms with Crippen LogP contribution in [0.2, 0.25) is 0 Å². The number of amides is 1. The zero-order valence-electron chi connectivity index (χ0n) is 17.1. The number of hydrogen-bond acceptors (Lipinski definition) is 4. The molecule has 0 aliphatic carbocycles. The molecule has 1 aromatic heterocycles. The topological polar surface area (TPSA) is 98.4 Å². The van der Waals surface area contributed by atoms with Crippen LogP contribution in [0.25, 0.3) is 0 Å². The van der Waals surface area contributed by atoms with Gasteiger partial charge in [0, 0.05) is 19.1 Å². The van der Waals surface area contributed by atoms with Gasteiger partial charge in [-0.3, -0.25) is 10.2 Å². The summed E-state index contributed by atoms with van der Waals surface area (Å²) < 4.78 is 5.19. The van der Waals surface area contributed by atoms with Gasteiger partial charge in [-0.05, 0) is 37.8 Å². The number of piperidine rings is 1. The lowest BCUT2D eigenvalue weighted by atomic mass is 9.88. The highest BCUT2D eigenvalue weighted by atomic mass is 16.3. The van der Waals surface area contributed by atoms with Gasteiger partial charge in [0.1, 0.15) is 6.29 Å². The Balaban J connectivity index is 1.84. The van der Waals surface area contributed by atoms with E-state index in [0.29, 0.717) is 18.8 Å².